The van der Waals surface area contributed by atoms with Gasteiger partial charge in [0.1, 0.15) is 5.75 Å². The summed E-state index contributed by atoms with van der Waals surface area (Å²) < 4.78 is 5.73. The molecular weight excluding hydrogens is 422 g/mol. The highest BCUT2D eigenvalue weighted by Crippen LogP contribution is 2.25. The summed E-state index contributed by atoms with van der Waals surface area (Å²) in [5.74, 6) is 0.0687. The van der Waals surface area contributed by atoms with Gasteiger partial charge in [-0.25, -0.2) is 0 Å². The fourth-order valence-electron chi connectivity index (χ4n) is 3.94. The molecule has 0 unspecified atom stereocenters. The molecule has 1 aliphatic rings. The fourth-order valence-corrected chi connectivity index (χ4v) is 4.14. The molecule has 7 heteroatoms. The molecule has 3 rings (SSSR count). The summed E-state index contributed by atoms with van der Waals surface area (Å²) in [7, 11) is 1.86. The van der Waals surface area contributed by atoms with Crippen molar-refractivity contribution >= 4 is 34.8 Å². The highest BCUT2D eigenvalue weighted by molar-refractivity contribution is 7.80. The molecule has 6 nitrogen and oxygen atoms in total. The Morgan fingerprint density at radius 1 is 1.00 bits per heavy atom. The summed E-state index contributed by atoms with van der Waals surface area (Å²) in [5.41, 5.74) is 1.49. The zero-order chi connectivity index (χ0) is 23.1. The third kappa shape index (κ3) is 6.07. The number of hydrogen-bond donors (Lipinski definition) is 2. The van der Waals surface area contributed by atoms with E-state index in [-0.39, 0.29) is 29.1 Å². The number of ether oxygens (including phenoxy) is 1. The third-order valence-electron chi connectivity index (χ3n) is 5.57. The Hall–Kier alpha value is -2.93. The summed E-state index contributed by atoms with van der Waals surface area (Å²) in [5, 5.41) is 5.84. The smallest absolute Gasteiger partial charge is 0.261 e. The van der Waals surface area contributed by atoms with Crippen molar-refractivity contribution in [3.63, 3.8) is 0 Å². The topological polar surface area (TPSA) is 70.7 Å². The summed E-state index contributed by atoms with van der Waals surface area (Å²) in [4.78, 5) is 27.8. The monoisotopic (exact) mass is 453 g/mol. The van der Waals surface area contributed by atoms with E-state index in [4.69, 9.17) is 17.0 Å². The maximum absolute atomic E-state index is 13.2. The molecule has 1 fully saturated rings. The van der Waals surface area contributed by atoms with E-state index < -0.39 is 0 Å². The van der Waals surface area contributed by atoms with Crippen molar-refractivity contribution in [1.29, 1.82) is 0 Å². The van der Waals surface area contributed by atoms with Crippen molar-refractivity contribution in [3.8, 4) is 5.75 Å². The van der Waals surface area contributed by atoms with Gasteiger partial charge in [-0.15, -0.1) is 0 Å². The van der Waals surface area contributed by atoms with Gasteiger partial charge < -0.3 is 15.0 Å². The van der Waals surface area contributed by atoms with Gasteiger partial charge in [-0.3, -0.25) is 14.9 Å². The Labute approximate surface area is 195 Å². The van der Waals surface area contributed by atoms with Crippen molar-refractivity contribution in [2.24, 2.45) is 0 Å². The molecule has 2 aromatic rings. The molecule has 0 spiro atoms. The molecule has 0 atom stereocenters. The molecule has 0 saturated heterocycles. The summed E-state index contributed by atoms with van der Waals surface area (Å²) >= 11 is 5.37. The van der Waals surface area contributed by atoms with Crippen LogP contribution in [0.15, 0.2) is 48.5 Å². The van der Waals surface area contributed by atoms with Gasteiger partial charge in [-0.2, -0.15) is 0 Å². The van der Waals surface area contributed by atoms with Gasteiger partial charge in [0.25, 0.3) is 11.8 Å². The molecular formula is C25H31N3O3S. The van der Waals surface area contributed by atoms with Crippen LogP contribution in [0.25, 0.3) is 0 Å². The SMILES string of the molecule is CC(C)Oc1ccccc1C(=O)NC(=S)Nc1ccccc1C(=O)N(C)C1CCCCC1. The molecule has 1 aliphatic carbocycles. The largest absolute Gasteiger partial charge is 0.490 e. The van der Waals surface area contributed by atoms with Crippen LogP contribution in [0.2, 0.25) is 0 Å². The Morgan fingerprint density at radius 3 is 2.31 bits per heavy atom. The number of nitrogens with one attached hydrogen (secondary N) is 2. The van der Waals surface area contributed by atoms with Crippen LogP contribution in [-0.4, -0.2) is 41.0 Å². The molecule has 0 aliphatic heterocycles. The van der Waals surface area contributed by atoms with Crippen molar-refractivity contribution in [2.75, 3.05) is 12.4 Å². The van der Waals surface area contributed by atoms with Gasteiger partial charge >= 0.3 is 0 Å². The molecule has 2 aromatic carbocycles. The number of rotatable bonds is 6. The Balaban J connectivity index is 1.70. The number of anilines is 1. The van der Waals surface area contributed by atoms with Crippen molar-refractivity contribution < 1.29 is 14.3 Å². The van der Waals surface area contributed by atoms with Gasteiger partial charge in [0.2, 0.25) is 0 Å². The molecule has 0 aromatic heterocycles. The zero-order valence-electron chi connectivity index (χ0n) is 18.9. The molecule has 32 heavy (non-hydrogen) atoms. The Kier molecular flexibility index (Phi) is 8.22. The van der Waals surface area contributed by atoms with Crippen LogP contribution in [-0.2, 0) is 0 Å². The van der Waals surface area contributed by atoms with E-state index in [2.05, 4.69) is 10.6 Å². The first kappa shape index (κ1) is 23.7. The molecule has 0 radical (unpaired) electrons. The molecule has 2 amide bonds. The minimum Gasteiger partial charge on any atom is -0.490 e. The number of carbonyl (C=O) groups is 2. The molecule has 2 N–H and O–H groups in total. The van der Waals surface area contributed by atoms with E-state index in [0.717, 1.165) is 25.7 Å². The normalized spacial score (nSPS) is 14.0. The van der Waals surface area contributed by atoms with Crippen molar-refractivity contribution in [1.82, 2.24) is 10.2 Å². The number of amides is 2. The minimum atomic E-state index is -0.373. The van der Waals surface area contributed by atoms with Crippen LogP contribution < -0.4 is 15.4 Å². The summed E-state index contributed by atoms with van der Waals surface area (Å²) in [6.07, 6.45) is 5.54. The van der Waals surface area contributed by atoms with Crippen LogP contribution in [0.1, 0.15) is 66.7 Å². The van der Waals surface area contributed by atoms with Crippen LogP contribution in [0.4, 0.5) is 5.69 Å². The van der Waals surface area contributed by atoms with E-state index in [1.165, 1.54) is 6.42 Å². The number of hydrogen-bond acceptors (Lipinski definition) is 4. The number of carbonyl (C=O) groups excluding carboxylic acids is 2. The predicted octanol–water partition coefficient (Wildman–Crippen LogP) is 5.01. The van der Waals surface area contributed by atoms with Crippen LogP contribution in [0, 0.1) is 0 Å². The highest BCUT2D eigenvalue weighted by atomic mass is 32.1. The number of benzene rings is 2. The molecule has 170 valence electrons. The van der Waals surface area contributed by atoms with Gasteiger partial charge in [0.05, 0.1) is 22.9 Å². The lowest BCUT2D eigenvalue weighted by Gasteiger charge is -2.31. The van der Waals surface area contributed by atoms with Crippen molar-refractivity contribution in [3.05, 3.63) is 59.7 Å². The lowest BCUT2D eigenvalue weighted by Crippen LogP contribution is -2.39. The van der Waals surface area contributed by atoms with Gasteiger partial charge in [0, 0.05) is 13.1 Å². The van der Waals surface area contributed by atoms with Gasteiger partial charge in [-0.05, 0) is 63.2 Å². The lowest BCUT2D eigenvalue weighted by atomic mass is 9.94. The second-order valence-electron chi connectivity index (χ2n) is 8.32. The number of nitrogens with zero attached hydrogens (tertiary/aromatic N) is 1. The van der Waals surface area contributed by atoms with Crippen LogP contribution in [0.3, 0.4) is 0 Å². The van der Waals surface area contributed by atoms with E-state index in [9.17, 15) is 9.59 Å². The summed E-state index contributed by atoms with van der Waals surface area (Å²) in [6, 6.07) is 14.5. The molecule has 0 heterocycles. The Morgan fingerprint density at radius 2 is 1.62 bits per heavy atom. The molecule has 0 bridgehead atoms. The van der Waals surface area contributed by atoms with Crippen molar-refractivity contribution in [2.45, 2.75) is 58.1 Å². The lowest BCUT2D eigenvalue weighted by molar-refractivity contribution is 0.0697. The average molecular weight is 454 g/mol. The average Bonchev–Trinajstić information content (AvgIpc) is 2.79. The van der Waals surface area contributed by atoms with E-state index in [1.54, 1.807) is 30.3 Å². The Bertz CT molecular complexity index is 970. The quantitative estimate of drug-likeness (QED) is 0.602. The minimum absolute atomic E-state index is 0.0511. The zero-order valence-corrected chi connectivity index (χ0v) is 19.7. The fraction of sp³-hybridized carbons (Fsp3) is 0.400. The molecule has 1 saturated carbocycles. The first-order valence-corrected chi connectivity index (χ1v) is 11.5. The van der Waals surface area contributed by atoms with Gasteiger partial charge in [0.15, 0.2) is 5.11 Å². The highest BCUT2D eigenvalue weighted by Gasteiger charge is 2.25. The standard InChI is InChI=1S/C25H31N3O3S/c1-17(2)31-22-16-10-8-14-20(22)23(29)27-25(32)26-21-15-9-7-13-19(21)24(30)28(3)18-11-5-4-6-12-18/h7-10,13-18H,4-6,11-12H2,1-3H3,(H2,26,27,29,32). The summed E-state index contributed by atoms with van der Waals surface area (Å²) in [6.45, 7) is 3.80. The maximum atomic E-state index is 13.2. The second kappa shape index (κ2) is 11.1. The van der Waals surface area contributed by atoms with E-state index >= 15 is 0 Å². The predicted molar refractivity (Wildman–Crippen MR) is 131 cm³/mol. The van der Waals surface area contributed by atoms with E-state index in [1.807, 2.05) is 44.0 Å². The van der Waals surface area contributed by atoms with Crippen LogP contribution >= 0.6 is 12.2 Å². The number of para-hydroxylation sites is 2. The maximum Gasteiger partial charge on any atom is 0.261 e. The van der Waals surface area contributed by atoms with Crippen LogP contribution in [0.5, 0.6) is 5.75 Å². The first-order chi connectivity index (χ1) is 15.4. The third-order valence-corrected chi connectivity index (χ3v) is 5.77. The first-order valence-electron chi connectivity index (χ1n) is 11.1. The second-order valence-corrected chi connectivity index (χ2v) is 8.73. The van der Waals surface area contributed by atoms with E-state index in [0.29, 0.717) is 22.6 Å². The number of thiocarbonyl (C=S) groups is 1. The van der Waals surface area contributed by atoms with Gasteiger partial charge in [-0.1, -0.05) is 43.5 Å².